The molecule has 0 radical (unpaired) electrons. The fourth-order valence-corrected chi connectivity index (χ4v) is 1.98. The van der Waals surface area contributed by atoms with Gasteiger partial charge in [-0.05, 0) is 20.0 Å². The van der Waals surface area contributed by atoms with Crippen molar-refractivity contribution in [3.05, 3.63) is 29.8 Å². The van der Waals surface area contributed by atoms with Gasteiger partial charge in [-0.1, -0.05) is 25.1 Å². The van der Waals surface area contributed by atoms with Crippen molar-refractivity contribution in [2.75, 3.05) is 14.2 Å². The molecule has 0 saturated heterocycles. The molecule has 3 N–H and O–H groups in total. The van der Waals surface area contributed by atoms with Crippen molar-refractivity contribution in [1.29, 1.82) is 0 Å². The summed E-state index contributed by atoms with van der Waals surface area (Å²) in [7, 11) is 3.64. The number of rotatable bonds is 6. The van der Waals surface area contributed by atoms with Crippen molar-refractivity contribution in [2.45, 2.75) is 26.4 Å². The lowest BCUT2D eigenvalue weighted by Gasteiger charge is -2.29. The Kier molecular flexibility index (Phi) is 5.79. The molecule has 2 unspecified atom stereocenters. The molecule has 0 aliphatic rings. The van der Waals surface area contributed by atoms with Gasteiger partial charge in [-0.3, -0.25) is 15.1 Å². The molecular weight excluding hydrogens is 242 g/mol. The first kappa shape index (κ1) is 15.5. The molecular formula is C14H23N3O2. The second kappa shape index (κ2) is 7.11. The normalized spacial score (nSPS) is 14.0. The highest BCUT2D eigenvalue weighted by Gasteiger charge is 2.23. The molecule has 1 aromatic rings. The maximum Gasteiger partial charge on any atom is 0.238 e. The molecule has 5 heteroatoms. The molecule has 1 amide bonds. The Morgan fingerprint density at radius 1 is 1.42 bits per heavy atom. The third-order valence-electron chi connectivity index (χ3n) is 3.59. The highest BCUT2D eigenvalue weighted by atomic mass is 16.5. The number of carbonyl (C=O) groups excluding carboxylic acids is 1. The second-order valence-electron chi connectivity index (χ2n) is 4.76. The van der Waals surface area contributed by atoms with Crippen LogP contribution in [0.3, 0.4) is 0 Å². The summed E-state index contributed by atoms with van der Waals surface area (Å²) in [5.41, 5.74) is 3.29. The molecule has 0 aliphatic heterocycles. The van der Waals surface area contributed by atoms with Crippen LogP contribution in [0.1, 0.15) is 19.4 Å². The molecule has 0 heterocycles. The summed E-state index contributed by atoms with van der Waals surface area (Å²) in [4.78, 5) is 13.7. The summed E-state index contributed by atoms with van der Waals surface area (Å²) >= 11 is 0. The predicted octanol–water partition coefficient (Wildman–Crippen LogP) is 1.14. The van der Waals surface area contributed by atoms with Crippen LogP contribution in [0, 0.1) is 5.92 Å². The number of amides is 1. The molecule has 2 atom stereocenters. The number of hydrogen-bond donors (Lipinski definition) is 2. The van der Waals surface area contributed by atoms with Gasteiger partial charge in [0, 0.05) is 18.2 Å². The topological polar surface area (TPSA) is 67.6 Å². The van der Waals surface area contributed by atoms with Crippen LogP contribution in [0.15, 0.2) is 24.3 Å². The van der Waals surface area contributed by atoms with E-state index in [9.17, 15) is 4.79 Å². The molecule has 106 valence electrons. The van der Waals surface area contributed by atoms with Crippen LogP contribution in [-0.4, -0.2) is 31.0 Å². The van der Waals surface area contributed by atoms with Crippen LogP contribution in [0.25, 0.3) is 0 Å². The first-order valence-corrected chi connectivity index (χ1v) is 6.33. The molecule has 1 aromatic carbocycles. The van der Waals surface area contributed by atoms with E-state index in [2.05, 4.69) is 10.3 Å². The van der Waals surface area contributed by atoms with Crippen LogP contribution >= 0.6 is 0 Å². The smallest absolute Gasteiger partial charge is 0.238 e. The first-order valence-electron chi connectivity index (χ1n) is 6.33. The summed E-state index contributed by atoms with van der Waals surface area (Å²) in [5.74, 6) is 5.70. The standard InChI is InChI=1S/C14H23N3O2/c1-10(14(18)16-15)11(2)17(3)9-12-7-5-6-8-13(12)19-4/h5-8,10-11H,9,15H2,1-4H3,(H,16,18). The maximum atomic E-state index is 11.5. The Labute approximate surface area is 114 Å². The number of hydrogen-bond acceptors (Lipinski definition) is 4. The molecule has 0 fully saturated rings. The van der Waals surface area contributed by atoms with E-state index in [1.54, 1.807) is 7.11 Å². The molecule has 0 spiro atoms. The van der Waals surface area contributed by atoms with E-state index in [1.807, 2.05) is 45.2 Å². The van der Waals surface area contributed by atoms with Gasteiger partial charge in [0.2, 0.25) is 5.91 Å². The summed E-state index contributed by atoms with van der Waals surface area (Å²) in [5, 5.41) is 0. The Hall–Kier alpha value is -1.59. The predicted molar refractivity (Wildman–Crippen MR) is 75.4 cm³/mol. The summed E-state index contributed by atoms with van der Waals surface area (Å²) in [6, 6.07) is 7.95. The van der Waals surface area contributed by atoms with E-state index in [0.29, 0.717) is 6.54 Å². The van der Waals surface area contributed by atoms with E-state index in [0.717, 1.165) is 11.3 Å². The van der Waals surface area contributed by atoms with Crippen LogP contribution in [-0.2, 0) is 11.3 Å². The molecule has 0 bridgehead atoms. The van der Waals surface area contributed by atoms with E-state index in [-0.39, 0.29) is 17.9 Å². The highest BCUT2D eigenvalue weighted by molar-refractivity contribution is 5.78. The zero-order valence-electron chi connectivity index (χ0n) is 12.0. The van der Waals surface area contributed by atoms with E-state index in [1.165, 1.54) is 0 Å². The number of benzene rings is 1. The van der Waals surface area contributed by atoms with Crippen LogP contribution in [0.2, 0.25) is 0 Å². The van der Waals surface area contributed by atoms with E-state index in [4.69, 9.17) is 10.6 Å². The van der Waals surface area contributed by atoms with Crippen LogP contribution in [0.4, 0.5) is 0 Å². The van der Waals surface area contributed by atoms with Gasteiger partial charge in [0.1, 0.15) is 5.75 Å². The number of carbonyl (C=O) groups is 1. The summed E-state index contributed by atoms with van der Waals surface area (Å²) < 4.78 is 5.33. The largest absolute Gasteiger partial charge is 0.496 e. The average molecular weight is 265 g/mol. The van der Waals surface area contributed by atoms with Gasteiger partial charge >= 0.3 is 0 Å². The van der Waals surface area contributed by atoms with Crippen molar-refractivity contribution in [3.63, 3.8) is 0 Å². The summed E-state index contributed by atoms with van der Waals surface area (Å²) in [6.45, 7) is 4.59. The van der Waals surface area contributed by atoms with Crippen molar-refractivity contribution in [3.8, 4) is 5.75 Å². The number of nitrogens with two attached hydrogens (primary N) is 1. The minimum atomic E-state index is -0.176. The second-order valence-corrected chi connectivity index (χ2v) is 4.76. The van der Waals surface area contributed by atoms with Crippen LogP contribution < -0.4 is 16.0 Å². The highest BCUT2D eigenvalue weighted by Crippen LogP contribution is 2.21. The molecule has 0 aliphatic carbocycles. The van der Waals surface area contributed by atoms with Gasteiger partial charge in [-0.2, -0.15) is 0 Å². The van der Waals surface area contributed by atoms with Gasteiger partial charge in [0.15, 0.2) is 0 Å². The lowest BCUT2D eigenvalue weighted by molar-refractivity contribution is -0.126. The lowest BCUT2D eigenvalue weighted by atomic mass is 10.0. The molecule has 0 aromatic heterocycles. The Morgan fingerprint density at radius 3 is 2.63 bits per heavy atom. The van der Waals surface area contributed by atoms with Crippen molar-refractivity contribution in [1.82, 2.24) is 10.3 Å². The Balaban J connectivity index is 2.73. The average Bonchev–Trinajstić information content (AvgIpc) is 2.45. The zero-order chi connectivity index (χ0) is 14.4. The van der Waals surface area contributed by atoms with Gasteiger partial charge < -0.3 is 4.74 Å². The number of para-hydroxylation sites is 1. The van der Waals surface area contributed by atoms with Crippen molar-refractivity contribution in [2.24, 2.45) is 11.8 Å². The Morgan fingerprint density at radius 2 is 2.05 bits per heavy atom. The summed E-state index contributed by atoms with van der Waals surface area (Å²) in [6.07, 6.45) is 0. The number of nitrogens with one attached hydrogen (secondary N) is 1. The van der Waals surface area contributed by atoms with Gasteiger partial charge in [-0.15, -0.1) is 0 Å². The number of hydrazine groups is 1. The van der Waals surface area contributed by atoms with Gasteiger partial charge in [0.05, 0.1) is 13.0 Å². The molecule has 5 nitrogen and oxygen atoms in total. The minimum absolute atomic E-state index is 0.0773. The maximum absolute atomic E-state index is 11.5. The quantitative estimate of drug-likeness (QED) is 0.460. The SMILES string of the molecule is COc1ccccc1CN(C)C(C)C(C)C(=O)NN. The lowest BCUT2D eigenvalue weighted by Crippen LogP contribution is -2.44. The zero-order valence-corrected chi connectivity index (χ0v) is 12.0. The molecule has 0 saturated carbocycles. The van der Waals surface area contributed by atoms with E-state index < -0.39 is 0 Å². The fraction of sp³-hybridized carbons (Fsp3) is 0.500. The van der Waals surface area contributed by atoms with Gasteiger partial charge in [0.25, 0.3) is 0 Å². The van der Waals surface area contributed by atoms with Crippen molar-refractivity contribution >= 4 is 5.91 Å². The third-order valence-corrected chi connectivity index (χ3v) is 3.59. The first-order chi connectivity index (χ1) is 9.01. The van der Waals surface area contributed by atoms with E-state index >= 15 is 0 Å². The number of methoxy groups -OCH3 is 1. The minimum Gasteiger partial charge on any atom is -0.496 e. The Bertz CT molecular complexity index is 423. The molecule has 19 heavy (non-hydrogen) atoms. The number of ether oxygens (including phenoxy) is 1. The van der Waals surface area contributed by atoms with Crippen molar-refractivity contribution < 1.29 is 9.53 Å². The molecule has 1 rings (SSSR count). The number of nitrogens with zero attached hydrogens (tertiary/aromatic N) is 1. The monoisotopic (exact) mass is 265 g/mol. The third kappa shape index (κ3) is 3.94. The van der Waals surface area contributed by atoms with Crippen LogP contribution in [0.5, 0.6) is 5.75 Å². The van der Waals surface area contributed by atoms with Gasteiger partial charge in [-0.25, -0.2) is 5.84 Å². The fourth-order valence-electron chi connectivity index (χ4n) is 1.98.